The van der Waals surface area contributed by atoms with Crippen molar-refractivity contribution in [2.24, 2.45) is 4.99 Å². The molecule has 0 spiro atoms. The molecule has 1 N–H and O–H groups in total. The molecule has 1 aromatic heterocycles. The number of non-ortho nitro benzene ring substituents is 1. The van der Waals surface area contributed by atoms with Crippen LogP contribution < -0.4 is 5.56 Å². The lowest BCUT2D eigenvalue weighted by atomic mass is 10.1. The molecule has 0 fully saturated rings. The molecule has 0 bridgehead atoms. The fourth-order valence-electron chi connectivity index (χ4n) is 3.41. The molecule has 0 unspecified atom stereocenters. The van der Waals surface area contributed by atoms with Crippen molar-refractivity contribution in [3.63, 3.8) is 0 Å². The Labute approximate surface area is 177 Å². The van der Waals surface area contributed by atoms with Crippen molar-refractivity contribution in [3.8, 4) is 11.6 Å². The van der Waals surface area contributed by atoms with Gasteiger partial charge in [-0.25, -0.2) is 4.57 Å². The lowest BCUT2D eigenvalue weighted by Crippen LogP contribution is -2.20. The molecule has 0 radical (unpaired) electrons. The number of nitro benzene ring substituents is 1. The van der Waals surface area contributed by atoms with Crippen molar-refractivity contribution in [1.82, 2.24) is 4.57 Å². The van der Waals surface area contributed by atoms with Gasteiger partial charge in [0.2, 0.25) is 5.88 Å². The number of aromatic hydroxyl groups is 1. The Balaban J connectivity index is 1.95. The van der Waals surface area contributed by atoms with Crippen molar-refractivity contribution in [2.45, 2.75) is 13.8 Å². The van der Waals surface area contributed by atoms with Gasteiger partial charge in [-0.1, -0.05) is 42.0 Å². The van der Waals surface area contributed by atoms with Crippen LogP contribution in [0.25, 0.3) is 16.5 Å². The van der Waals surface area contributed by atoms with Gasteiger partial charge in [-0.2, -0.15) is 0 Å². The SMILES string of the molecule is Cc1ccc(-n2c(O)c(C=Nc3cc([N+](=O)[O-])ccc3C)c3ccccc3c2=O)cc1. The second-order valence-corrected chi connectivity index (χ2v) is 7.25. The largest absolute Gasteiger partial charge is 0.494 e. The Morgan fingerprint density at radius 1 is 1.00 bits per heavy atom. The number of hydrogen-bond donors (Lipinski definition) is 1. The normalized spacial score (nSPS) is 11.3. The molecule has 4 rings (SSSR count). The van der Waals surface area contributed by atoms with Crippen LogP contribution in [0.3, 0.4) is 0 Å². The van der Waals surface area contributed by atoms with E-state index in [9.17, 15) is 20.0 Å². The topological polar surface area (TPSA) is 97.7 Å². The zero-order valence-electron chi connectivity index (χ0n) is 16.9. The summed E-state index contributed by atoms with van der Waals surface area (Å²) in [5.41, 5.74) is 2.64. The summed E-state index contributed by atoms with van der Waals surface area (Å²) in [5, 5.41) is 23.1. The van der Waals surface area contributed by atoms with Crippen molar-refractivity contribution in [2.75, 3.05) is 0 Å². The number of benzene rings is 3. The Bertz CT molecular complexity index is 1400. The molecule has 7 heteroatoms. The van der Waals surface area contributed by atoms with Crippen LogP contribution in [-0.4, -0.2) is 20.8 Å². The minimum Gasteiger partial charge on any atom is -0.494 e. The molecule has 154 valence electrons. The number of nitro groups is 1. The van der Waals surface area contributed by atoms with Crippen LogP contribution >= 0.6 is 0 Å². The van der Waals surface area contributed by atoms with E-state index in [1.54, 1.807) is 49.4 Å². The van der Waals surface area contributed by atoms with Gasteiger partial charge in [0.25, 0.3) is 11.2 Å². The first-order chi connectivity index (χ1) is 14.9. The Morgan fingerprint density at radius 2 is 1.68 bits per heavy atom. The summed E-state index contributed by atoms with van der Waals surface area (Å²) >= 11 is 0. The van der Waals surface area contributed by atoms with Crippen LogP contribution in [0.1, 0.15) is 16.7 Å². The van der Waals surface area contributed by atoms with Crippen molar-refractivity contribution >= 4 is 28.4 Å². The average Bonchev–Trinajstić information content (AvgIpc) is 2.76. The zero-order chi connectivity index (χ0) is 22.1. The highest BCUT2D eigenvalue weighted by Gasteiger charge is 2.16. The summed E-state index contributed by atoms with van der Waals surface area (Å²) in [7, 11) is 0. The molecule has 0 aliphatic rings. The Morgan fingerprint density at radius 3 is 2.35 bits per heavy atom. The maximum atomic E-state index is 13.1. The van der Waals surface area contributed by atoms with Crippen LogP contribution in [0.2, 0.25) is 0 Å². The smallest absolute Gasteiger partial charge is 0.271 e. The molecule has 7 nitrogen and oxygen atoms in total. The lowest BCUT2D eigenvalue weighted by Gasteiger charge is -2.14. The first-order valence-electron chi connectivity index (χ1n) is 9.59. The third-order valence-corrected chi connectivity index (χ3v) is 5.13. The highest BCUT2D eigenvalue weighted by Crippen LogP contribution is 2.28. The molecule has 0 saturated carbocycles. The van der Waals surface area contributed by atoms with Crippen molar-refractivity contribution < 1.29 is 10.0 Å². The quantitative estimate of drug-likeness (QED) is 0.290. The summed E-state index contributed by atoms with van der Waals surface area (Å²) in [6.07, 6.45) is 1.44. The molecule has 3 aromatic carbocycles. The van der Waals surface area contributed by atoms with Gasteiger partial charge in [0.1, 0.15) is 0 Å². The monoisotopic (exact) mass is 413 g/mol. The van der Waals surface area contributed by atoms with E-state index >= 15 is 0 Å². The predicted molar refractivity (Wildman–Crippen MR) is 121 cm³/mol. The minimum atomic E-state index is -0.483. The summed E-state index contributed by atoms with van der Waals surface area (Å²) in [5.74, 6) is -0.251. The van der Waals surface area contributed by atoms with Gasteiger partial charge in [-0.05, 0) is 37.6 Å². The van der Waals surface area contributed by atoms with Gasteiger partial charge >= 0.3 is 0 Å². The Hall–Kier alpha value is -4.26. The van der Waals surface area contributed by atoms with E-state index in [-0.39, 0.29) is 17.1 Å². The lowest BCUT2D eigenvalue weighted by molar-refractivity contribution is -0.384. The second kappa shape index (κ2) is 7.87. The van der Waals surface area contributed by atoms with Crippen LogP contribution in [-0.2, 0) is 0 Å². The first-order valence-corrected chi connectivity index (χ1v) is 9.59. The van der Waals surface area contributed by atoms with Gasteiger partial charge in [-0.15, -0.1) is 0 Å². The number of nitrogens with zero attached hydrogens (tertiary/aromatic N) is 3. The highest BCUT2D eigenvalue weighted by molar-refractivity contribution is 6.02. The number of pyridine rings is 1. The van der Waals surface area contributed by atoms with E-state index in [1.807, 2.05) is 19.1 Å². The maximum absolute atomic E-state index is 13.1. The highest BCUT2D eigenvalue weighted by atomic mass is 16.6. The van der Waals surface area contributed by atoms with Crippen LogP contribution in [0.5, 0.6) is 5.88 Å². The van der Waals surface area contributed by atoms with E-state index < -0.39 is 4.92 Å². The zero-order valence-corrected chi connectivity index (χ0v) is 16.9. The van der Waals surface area contributed by atoms with Gasteiger partial charge in [0.15, 0.2) is 0 Å². The van der Waals surface area contributed by atoms with Gasteiger partial charge in [-0.3, -0.25) is 19.9 Å². The number of fused-ring (bicyclic) bond motifs is 1. The second-order valence-electron chi connectivity index (χ2n) is 7.25. The molecular formula is C24H19N3O4. The number of aliphatic imine (C=N–C) groups is 1. The van der Waals surface area contributed by atoms with Gasteiger partial charge < -0.3 is 5.11 Å². The molecule has 0 aliphatic heterocycles. The molecule has 1 heterocycles. The molecule has 0 aliphatic carbocycles. The fraction of sp³-hybridized carbons (Fsp3) is 0.0833. The molecule has 4 aromatic rings. The standard InChI is InChI=1S/C24H19N3O4/c1-15-7-10-17(11-8-15)26-23(28)20-6-4-3-5-19(20)21(24(26)29)14-25-22-13-18(27(30)31)12-9-16(22)2/h3-14,29H,1-2H3. The fourth-order valence-corrected chi connectivity index (χ4v) is 3.41. The third-order valence-electron chi connectivity index (χ3n) is 5.13. The van der Waals surface area contributed by atoms with E-state index in [0.717, 1.165) is 11.1 Å². The van der Waals surface area contributed by atoms with Crippen LogP contribution in [0.15, 0.2) is 76.5 Å². The number of aromatic nitrogens is 1. The number of rotatable bonds is 4. The molecular weight excluding hydrogens is 394 g/mol. The number of hydrogen-bond acceptors (Lipinski definition) is 5. The maximum Gasteiger partial charge on any atom is 0.271 e. The summed E-state index contributed by atoms with van der Waals surface area (Å²) < 4.78 is 1.24. The summed E-state index contributed by atoms with van der Waals surface area (Å²) in [4.78, 5) is 28.1. The Kier molecular flexibility index (Phi) is 5.09. The van der Waals surface area contributed by atoms with E-state index in [2.05, 4.69) is 4.99 Å². The summed E-state index contributed by atoms with van der Waals surface area (Å²) in [6, 6.07) is 18.6. The van der Waals surface area contributed by atoms with E-state index in [1.165, 1.54) is 22.9 Å². The number of aryl methyl sites for hydroxylation is 2. The van der Waals surface area contributed by atoms with Gasteiger partial charge in [0.05, 0.1) is 21.9 Å². The predicted octanol–water partition coefficient (Wildman–Crippen LogP) is 4.97. The van der Waals surface area contributed by atoms with E-state index in [0.29, 0.717) is 27.7 Å². The molecule has 0 amide bonds. The third kappa shape index (κ3) is 3.69. The van der Waals surface area contributed by atoms with E-state index in [4.69, 9.17) is 0 Å². The van der Waals surface area contributed by atoms with Crippen molar-refractivity contribution in [3.05, 3.63) is 104 Å². The molecule has 31 heavy (non-hydrogen) atoms. The average molecular weight is 413 g/mol. The molecule has 0 saturated heterocycles. The van der Waals surface area contributed by atoms with Gasteiger partial charge in [0, 0.05) is 29.1 Å². The van der Waals surface area contributed by atoms with Crippen LogP contribution in [0.4, 0.5) is 11.4 Å². The minimum absolute atomic E-state index is 0.0727. The molecule has 0 atom stereocenters. The summed E-state index contributed by atoms with van der Waals surface area (Å²) in [6.45, 7) is 3.73. The van der Waals surface area contributed by atoms with Crippen molar-refractivity contribution in [1.29, 1.82) is 0 Å². The first kappa shape index (κ1) is 20.0. The van der Waals surface area contributed by atoms with Crippen LogP contribution in [0, 0.1) is 24.0 Å².